The van der Waals surface area contributed by atoms with Crippen molar-refractivity contribution in [2.45, 2.75) is 6.92 Å². The van der Waals surface area contributed by atoms with Gasteiger partial charge >= 0.3 is 0 Å². The Balaban J connectivity index is 1.83. The van der Waals surface area contributed by atoms with Crippen LogP contribution in [0.15, 0.2) is 54.6 Å². The minimum absolute atomic E-state index is 0.240. The SMILES string of the molecule is Cc1cc(NC(=O)c2cccc(F)c2)nn1-c1ccc(Cl)cc1. The maximum atomic E-state index is 13.2. The molecule has 0 aliphatic rings. The molecule has 4 nitrogen and oxygen atoms in total. The number of amides is 1. The van der Waals surface area contributed by atoms with Gasteiger partial charge in [-0.05, 0) is 49.4 Å². The quantitative estimate of drug-likeness (QED) is 0.781. The fourth-order valence-electron chi connectivity index (χ4n) is 2.20. The molecule has 0 fully saturated rings. The Labute approximate surface area is 137 Å². The van der Waals surface area contributed by atoms with Crippen molar-refractivity contribution < 1.29 is 9.18 Å². The second-order valence-corrected chi connectivity index (χ2v) is 5.46. The maximum Gasteiger partial charge on any atom is 0.256 e. The lowest BCUT2D eigenvalue weighted by molar-refractivity contribution is 0.102. The standard InChI is InChI=1S/C17H13ClFN3O/c1-11-9-16(20-17(23)12-3-2-4-14(19)10-12)21-22(11)15-7-5-13(18)6-8-15/h2-10H,1H3,(H,20,21,23). The summed E-state index contributed by atoms with van der Waals surface area (Å²) in [5.74, 6) is -0.475. The van der Waals surface area contributed by atoms with Crippen LogP contribution >= 0.6 is 11.6 Å². The van der Waals surface area contributed by atoms with E-state index in [-0.39, 0.29) is 5.56 Å². The summed E-state index contributed by atoms with van der Waals surface area (Å²) in [6.07, 6.45) is 0. The van der Waals surface area contributed by atoms with Crippen LogP contribution < -0.4 is 5.32 Å². The van der Waals surface area contributed by atoms with Crippen LogP contribution in [-0.2, 0) is 0 Å². The molecule has 3 aromatic rings. The molecule has 3 rings (SSSR count). The summed E-state index contributed by atoms with van der Waals surface area (Å²) in [6, 6.07) is 14.4. The van der Waals surface area contributed by atoms with E-state index in [1.807, 2.05) is 19.1 Å². The number of benzene rings is 2. The van der Waals surface area contributed by atoms with Crippen molar-refractivity contribution in [2.24, 2.45) is 0 Å². The summed E-state index contributed by atoms with van der Waals surface area (Å²) in [4.78, 5) is 12.1. The Kier molecular flexibility index (Phi) is 4.12. The van der Waals surface area contributed by atoms with Gasteiger partial charge in [-0.15, -0.1) is 5.10 Å². The molecule has 1 aromatic heterocycles. The number of nitrogens with one attached hydrogen (secondary N) is 1. The van der Waals surface area contributed by atoms with Crippen molar-refractivity contribution in [2.75, 3.05) is 5.32 Å². The average Bonchev–Trinajstić information content (AvgIpc) is 2.88. The van der Waals surface area contributed by atoms with Crippen LogP contribution in [0.5, 0.6) is 0 Å². The summed E-state index contributed by atoms with van der Waals surface area (Å²) in [5, 5.41) is 7.65. The Hall–Kier alpha value is -2.66. The van der Waals surface area contributed by atoms with E-state index >= 15 is 0 Å². The highest BCUT2D eigenvalue weighted by Crippen LogP contribution is 2.18. The van der Waals surface area contributed by atoms with E-state index in [0.717, 1.165) is 11.4 Å². The number of carbonyl (C=O) groups excluding carboxylic acids is 1. The van der Waals surface area contributed by atoms with Gasteiger partial charge in [0.1, 0.15) is 5.82 Å². The molecule has 0 spiro atoms. The zero-order valence-corrected chi connectivity index (χ0v) is 13.0. The van der Waals surface area contributed by atoms with Crippen molar-refractivity contribution in [3.63, 3.8) is 0 Å². The number of rotatable bonds is 3. The van der Waals surface area contributed by atoms with Crippen LogP contribution in [0.3, 0.4) is 0 Å². The zero-order chi connectivity index (χ0) is 16.4. The molecule has 0 aliphatic heterocycles. The van der Waals surface area contributed by atoms with E-state index in [1.54, 1.807) is 28.9 Å². The summed E-state index contributed by atoms with van der Waals surface area (Å²) in [7, 11) is 0. The molecule has 1 N–H and O–H groups in total. The van der Waals surface area contributed by atoms with Gasteiger partial charge in [-0.25, -0.2) is 9.07 Å². The van der Waals surface area contributed by atoms with Crippen LogP contribution in [0.2, 0.25) is 5.02 Å². The average molecular weight is 330 g/mol. The van der Waals surface area contributed by atoms with Crippen molar-refractivity contribution in [3.8, 4) is 5.69 Å². The second kappa shape index (κ2) is 6.22. The number of nitrogens with zero attached hydrogens (tertiary/aromatic N) is 2. The summed E-state index contributed by atoms with van der Waals surface area (Å²) in [5.41, 5.74) is 1.92. The lowest BCUT2D eigenvalue weighted by Crippen LogP contribution is -2.12. The summed E-state index contributed by atoms with van der Waals surface area (Å²) >= 11 is 5.88. The highest BCUT2D eigenvalue weighted by molar-refractivity contribution is 6.30. The predicted octanol–water partition coefficient (Wildman–Crippen LogP) is 4.23. The molecular weight excluding hydrogens is 317 g/mol. The normalized spacial score (nSPS) is 10.6. The van der Waals surface area contributed by atoms with Crippen LogP contribution in [-0.4, -0.2) is 15.7 Å². The van der Waals surface area contributed by atoms with Crippen LogP contribution in [0.25, 0.3) is 5.69 Å². The van der Waals surface area contributed by atoms with Gasteiger partial charge in [-0.3, -0.25) is 4.79 Å². The van der Waals surface area contributed by atoms with Gasteiger partial charge in [0.05, 0.1) is 5.69 Å². The number of hydrogen-bond acceptors (Lipinski definition) is 2. The first-order chi connectivity index (χ1) is 11.0. The second-order valence-electron chi connectivity index (χ2n) is 5.02. The smallest absolute Gasteiger partial charge is 0.256 e. The Morgan fingerprint density at radius 3 is 2.61 bits per heavy atom. The van der Waals surface area contributed by atoms with E-state index in [4.69, 9.17) is 11.6 Å². The Morgan fingerprint density at radius 1 is 1.17 bits per heavy atom. The third kappa shape index (κ3) is 3.40. The third-order valence-corrected chi connectivity index (χ3v) is 3.54. The predicted molar refractivity (Wildman–Crippen MR) is 87.7 cm³/mol. The monoisotopic (exact) mass is 329 g/mol. The highest BCUT2D eigenvalue weighted by atomic mass is 35.5. The zero-order valence-electron chi connectivity index (χ0n) is 12.3. The molecule has 116 valence electrons. The van der Waals surface area contributed by atoms with E-state index in [1.165, 1.54) is 18.2 Å². The van der Waals surface area contributed by atoms with E-state index in [0.29, 0.717) is 10.8 Å². The van der Waals surface area contributed by atoms with Crippen LogP contribution in [0.4, 0.5) is 10.2 Å². The highest BCUT2D eigenvalue weighted by Gasteiger charge is 2.11. The minimum atomic E-state index is -0.458. The fourth-order valence-corrected chi connectivity index (χ4v) is 2.32. The van der Waals surface area contributed by atoms with Gasteiger partial charge in [0, 0.05) is 22.3 Å². The Bertz CT molecular complexity index is 859. The number of aryl methyl sites for hydroxylation is 1. The van der Waals surface area contributed by atoms with Gasteiger partial charge in [-0.1, -0.05) is 17.7 Å². The van der Waals surface area contributed by atoms with Crippen molar-refractivity contribution >= 4 is 23.3 Å². The lowest BCUT2D eigenvalue weighted by Gasteiger charge is -2.04. The number of hydrogen-bond donors (Lipinski definition) is 1. The van der Waals surface area contributed by atoms with Crippen LogP contribution in [0.1, 0.15) is 16.1 Å². The molecule has 6 heteroatoms. The summed E-state index contributed by atoms with van der Waals surface area (Å²) < 4.78 is 14.9. The van der Waals surface area contributed by atoms with Gasteiger partial charge in [0.15, 0.2) is 5.82 Å². The minimum Gasteiger partial charge on any atom is -0.305 e. The molecule has 0 aliphatic carbocycles. The number of anilines is 1. The van der Waals surface area contributed by atoms with Crippen LogP contribution in [0, 0.1) is 12.7 Å². The van der Waals surface area contributed by atoms with E-state index < -0.39 is 11.7 Å². The van der Waals surface area contributed by atoms with E-state index in [2.05, 4.69) is 10.4 Å². The number of carbonyl (C=O) groups is 1. The first kappa shape index (κ1) is 15.2. The number of halogens is 2. The van der Waals surface area contributed by atoms with Crippen molar-refractivity contribution in [1.29, 1.82) is 0 Å². The molecular formula is C17H13ClFN3O. The molecule has 0 atom stereocenters. The number of aromatic nitrogens is 2. The molecule has 0 bridgehead atoms. The molecule has 0 radical (unpaired) electrons. The van der Waals surface area contributed by atoms with Gasteiger partial charge < -0.3 is 5.32 Å². The molecule has 0 unspecified atom stereocenters. The lowest BCUT2D eigenvalue weighted by atomic mass is 10.2. The third-order valence-electron chi connectivity index (χ3n) is 3.29. The van der Waals surface area contributed by atoms with Crippen molar-refractivity contribution in [3.05, 3.63) is 76.7 Å². The summed E-state index contributed by atoms with van der Waals surface area (Å²) in [6.45, 7) is 1.87. The fraction of sp³-hybridized carbons (Fsp3) is 0.0588. The molecule has 0 saturated carbocycles. The molecule has 23 heavy (non-hydrogen) atoms. The first-order valence-corrected chi connectivity index (χ1v) is 7.30. The Morgan fingerprint density at radius 2 is 1.91 bits per heavy atom. The van der Waals surface area contributed by atoms with Gasteiger partial charge in [-0.2, -0.15) is 0 Å². The molecule has 1 heterocycles. The van der Waals surface area contributed by atoms with E-state index in [9.17, 15) is 9.18 Å². The molecule has 0 saturated heterocycles. The maximum absolute atomic E-state index is 13.2. The van der Waals surface area contributed by atoms with Gasteiger partial charge in [0.2, 0.25) is 0 Å². The topological polar surface area (TPSA) is 46.9 Å². The first-order valence-electron chi connectivity index (χ1n) is 6.92. The van der Waals surface area contributed by atoms with Gasteiger partial charge in [0.25, 0.3) is 5.91 Å². The largest absolute Gasteiger partial charge is 0.305 e. The molecule has 2 aromatic carbocycles. The van der Waals surface area contributed by atoms with Crippen molar-refractivity contribution in [1.82, 2.24) is 9.78 Å². The molecule has 1 amide bonds.